The maximum Gasteiger partial charge on any atom is 0.274 e. The van der Waals surface area contributed by atoms with Gasteiger partial charge >= 0.3 is 0 Å². The second-order valence-electron chi connectivity index (χ2n) is 6.66. The van der Waals surface area contributed by atoms with Crippen molar-refractivity contribution in [2.24, 2.45) is 5.92 Å². The summed E-state index contributed by atoms with van der Waals surface area (Å²) in [4.78, 5) is 25.8. The van der Waals surface area contributed by atoms with E-state index in [0.29, 0.717) is 23.2 Å². The first-order valence-corrected chi connectivity index (χ1v) is 8.77. The van der Waals surface area contributed by atoms with Gasteiger partial charge in [-0.05, 0) is 37.5 Å². The number of hydrogen-bond donors (Lipinski definition) is 2. The highest BCUT2D eigenvalue weighted by Crippen LogP contribution is 2.21. The minimum Gasteiger partial charge on any atom is -0.354 e. The number of rotatable bonds is 6. The van der Waals surface area contributed by atoms with Gasteiger partial charge in [0.2, 0.25) is 5.95 Å². The van der Waals surface area contributed by atoms with Crippen molar-refractivity contribution in [3.8, 4) is 0 Å². The molecular weight excluding hydrogens is 326 g/mol. The molecule has 26 heavy (non-hydrogen) atoms. The summed E-state index contributed by atoms with van der Waals surface area (Å²) in [7, 11) is 0. The lowest BCUT2D eigenvalue weighted by Gasteiger charge is -2.10. The summed E-state index contributed by atoms with van der Waals surface area (Å²) in [6.45, 7) is 6.95. The lowest BCUT2D eigenvalue weighted by molar-refractivity contribution is 0.102. The van der Waals surface area contributed by atoms with Gasteiger partial charge in [-0.2, -0.15) is 0 Å². The molecule has 0 atom stereocenters. The third-order valence-corrected chi connectivity index (χ3v) is 3.97. The lowest BCUT2D eigenvalue weighted by Crippen LogP contribution is -2.17. The molecule has 0 unspecified atom stereocenters. The quantitative estimate of drug-likeness (QED) is 0.702. The Morgan fingerprint density at radius 2 is 1.96 bits per heavy atom. The normalized spacial score (nSPS) is 10.9. The van der Waals surface area contributed by atoms with Crippen LogP contribution in [0.25, 0.3) is 10.9 Å². The molecule has 134 valence electrons. The molecule has 0 fully saturated rings. The van der Waals surface area contributed by atoms with Crippen LogP contribution in [0.5, 0.6) is 0 Å². The van der Waals surface area contributed by atoms with Crippen LogP contribution >= 0.6 is 0 Å². The van der Waals surface area contributed by atoms with Crippen LogP contribution in [-0.4, -0.2) is 27.4 Å². The van der Waals surface area contributed by atoms with Crippen LogP contribution in [0.2, 0.25) is 0 Å². The Morgan fingerprint density at radius 1 is 1.15 bits per heavy atom. The number of nitrogens with zero attached hydrogens (tertiary/aromatic N) is 3. The van der Waals surface area contributed by atoms with Crippen LogP contribution in [0, 0.1) is 12.8 Å². The molecule has 6 nitrogen and oxygen atoms in total. The summed E-state index contributed by atoms with van der Waals surface area (Å²) in [5.74, 6) is 0.793. The summed E-state index contributed by atoms with van der Waals surface area (Å²) >= 11 is 0. The number of fused-ring (bicyclic) bond motifs is 1. The van der Waals surface area contributed by atoms with E-state index in [4.69, 9.17) is 0 Å². The van der Waals surface area contributed by atoms with Crippen molar-refractivity contribution in [1.82, 2.24) is 15.0 Å². The number of nitrogens with one attached hydrogen (secondary N) is 2. The fraction of sp³-hybridized carbons (Fsp3) is 0.300. The molecule has 0 spiro atoms. The van der Waals surface area contributed by atoms with Crippen LogP contribution in [0.1, 0.15) is 36.5 Å². The van der Waals surface area contributed by atoms with Crippen molar-refractivity contribution < 1.29 is 4.79 Å². The fourth-order valence-corrected chi connectivity index (χ4v) is 2.63. The Kier molecular flexibility index (Phi) is 5.41. The highest BCUT2D eigenvalue weighted by atomic mass is 16.1. The number of benzene rings is 1. The number of pyridine rings is 1. The molecule has 3 rings (SSSR count). The van der Waals surface area contributed by atoms with E-state index >= 15 is 0 Å². The van der Waals surface area contributed by atoms with Crippen LogP contribution in [0.15, 0.2) is 42.6 Å². The van der Waals surface area contributed by atoms with E-state index in [0.717, 1.165) is 29.6 Å². The van der Waals surface area contributed by atoms with Gasteiger partial charge in [-0.3, -0.25) is 9.78 Å². The van der Waals surface area contributed by atoms with Gasteiger partial charge in [-0.15, -0.1) is 0 Å². The number of amides is 1. The number of hydrogen-bond acceptors (Lipinski definition) is 5. The highest BCUT2D eigenvalue weighted by molar-refractivity contribution is 6.07. The van der Waals surface area contributed by atoms with Crippen LogP contribution < -0.4 is 10.6 Å². The molecule has 2 N–H and O–H groups in total. The van der Waals surface area contributed by atoms with E-state index in [9.17, 15) is 4.79 Å². The molecule has 2 aromatic heterocycles. The second kappa shape index (κ2) is 7.91. The molecule has 0 saturated heterocycles. The predicted octanol–water partition coefficient (Wildman–Crippen LogP) is 4.04. The second-order valence-corrected chi connectivity index (χ2v) is 6.66. The van der Waals surface area contributed by atoms with Crippen molar-refractivity contribution in [3.63, 3.8) is 0 Å². The predicted molar refractivity (Wildman–Crippen MR) is 104 cm³/mol. The number of anilines is 2. The van der Waals surface area contributed by atoms with E-state index in [2.05, 4.69) is 39.4 Å². The van der Waals surface area contributed by atoms with Gasteiger partial charge in [-0.1, -0.05) is 32.0 Å². The molecule has 0 aliphatic rings. The Hall–Kier alpha value is -3.02. The smallest absolute Gasteiger partial charge is 0.274 e. The zero-order valence-corrected chi connectivity index (χ0v) is 15.3. The summed E-state index contributed by atoms with van der Waals surface area (Å²) in [5, 5.41) is 7.07. The molecule has 2 heterocycles. The first-order chi connectivity index (χ1) is 12.5. The number of para-hydroxylation sites is 1. The largest absolute Gasteiger partial charge is 0.354 e. The SMILES string of the molecule is Cc1cc(C(=O)Nc2cccc3cccnc23)nc(NCCC(C)C)n1. The Morgan fingerprint density at radius 3 is 2.77 bits per heavy atom. The van der Waals surface area contributed by atoms with E-state index in [1.807, 2.05) is 37.3 Å². The lowest BCUT2D eigenvalue weighted by atomic mass is 10.1. The molecule has 0 aliphatic heterocycles. The van der Waals surface area contributed by atoms with Crippen molar-refractivity contribution in [3.05, 3.63) is 54.0 Å². The van der Waals surface area contributed by atoms with Gasteiger partial charge in [0.1, 0.15) is 5.69 Å². The third kappa shape index (κ3) is 4.33. The fourth-order valence-electron chi connectivity index (χ4n) is 2.63. The zero-order valence-electron chi connectivity index (χ0n) is 15.3. The van der Waals surface area contributed by atoms with E-state index < -0.39 is 0 Å². The van der Waals surface area contributed by atoms with E-state index in [-0.39, 0.29) is 5.91 Å². The van der Waals surface area contributed by atoms with Gasteiger partial charge < -0.3 is 10.6 Å². The first kappa shape index (κ1) is 17.8. The molecule has 6 heteroatoms. The van der Waals surface area contributed by atoms with Crippen molar-refractivity contribution in [2.75, 3.05) is 17.2 Å². The zero-order chi connectivity index (χ0) is 18.5. The van der Waals surface area contributed by atoms with Gasteiger partial charge in [0.15, 0.2) is 0 Å². The van der Waals surface area contributed by atoms with Crippen LogP contribution in [0.4, 0.5) is 11.6 Å². The van der Waals surface area contributed by atoms with Crippen molar-refractivity contribution >= 4 is 28.4 Å². The van der Waals surface area contributed by atoms with Gasteiger partial charge in [0.25, 0.3) is 5.91 Å². The summed E-state index contributed by atoms with van der Waals surface area (Å²) in [6.07, 6.45) is 2.73. The maximum absolute atomic E-state index is 12.7. The minimum absolute atomic E-state index is 0.277. The monoisotopic (exact) mass is 349 g/mol. The first-order valence-electron chi connectivity index (χ1n) is 8.77. The van der Waals surface area contributed by atoms with E-state index in [1.54, 1.807) is 12.3 Å². The molecular formula is C20H23N5O. The Bertz CT molecular complexity index is 918. The molecule has 0 aliphatic carbocycles. The van der Waals surface area contributed by atoms with Crippen LogP contribution in [0.3, 0.4) is 0 Å². The standard InChI is InChI=1S/C20H23N5O/c1-13(2)9-11-22-20-23-14(3)12-17(25-20)19(26)24-16-8-4-6-15-7-5-10-21-18(15)16/h4-8,10,12-13H,9,11H2,1-3H3,(H,24,26)(H,22,23,25). The van der Waals surface area contributed by atoms with Gasteiger partial charge in [0, 0.05) is 23.8 Å². The molecule has 0 saturated carbocycles. The Balaban J connectivity index is 1.80. The summed E-state index contributed by atoms with van der Waals surface area (Å²) in [6, 6.07) is 11.2. The van der Waals surface area contributed by atoms with Gasteiger partial charge in [0.05, 0.1) is 11.2 Å². The van der Waals surface area contributed by atoms with E-state index in [1.165, 1.54) is 0 Å². The van der Waals surface area contributed by atoms with Gasteiger partial charge in [-0.25, -0.2) is 9.97 Å². The number of aromatic nitrogens is 3. The average Bonchev–Trinajstić information content (AvgIpc) is 2.61. The maximum atomic E-state index is 12.7. The summed E-state index contributed by atoms with van der Waals surface area (Å²) in [5.41, 5.74) is 2.49. The third-order valence-electron chi connectivity index (χ3n) is 3.97. The highest BCUT2D eigenvalue weighted by Gasteiger charge is 2.13. The Labute approximate surface area is 153 Å². The molecule has 1 aromatic carbocycles. The number of aryl methyl sites for hydroxylation is 1. The molecule has 3 aromatic rings. The number of carbonyl (C=O) groups excluding carboxylic acids is 1. The topological polar surface area (TPSA) is 79.8 Å². The number of carbonyl (C=O) groups is 1. The van der Waals surface area contributed by atoms with Crippen LogP contribution in [-0.2, 0) is 0 Å². The van der Waals surface area contributed by atoms with Crippen molar-refractivity contribution in [1.29, 1.82) is 0 Å². The molecule has 1 amide bonds. The van der Waals surface area contributed by atoms with Crippen molar-refractivity contribution in [2.45, 2.75) is 27.2 Å². The molecule has 0 radical (unpaired) electrons. The minimum atomic E-state index is -0.277. The summed E-state index contributed by atoms with van der Waals surface area (Å²) < 4.78 is 0. The molecule has 0 bridgehead atoms. The average molecular weight is 349 g/mol.